The van der Waals surface area contributed by atoms with E-state index in [1.165, 1.54) is 0 Å². The smallest absolute Gasteiger partial charge is 0.222 e. The van der Waals surface area contributed by atoms with Gasteiger partial charge in [0.15, 0.2) is 23.4 Å². The Bertz CT molecular complexity index is 858. The van der Waals surface area contributed by atoms with Gasteiger partial charge >= 0.3 is 0 Å². The molecule has 1 aromatic rings. The van der Waals surface area contributed by atoms with E-state index in [-0.39, 0.29) is 11.9 Å². The van der Waals surface area contributed by atoms with Crippen molar-refractivity contribution in [2.75, 3.05) is 42.0 Å². The first-order valence-corrected chi connectivity index (χ1v) is 9.71. The summed E-state index contributed by atoms with van der Waals surface area (Å²) in [4.78, 5) is 15.7. The predicted octanol–water partition coefficient (Wildman–Crippen LogP) is 1.82. The molecule has 0 N–H and O–H groups in total. The number of fused-ring (bicyclic) bond motifs is 3. The average Bonchev–Trinajstić information content (AvgIpc) is 3.20. The van der Waals surface area contributed by atoms with Gasteiger partial charge in [-0.15, -0.1) is 0 Å². The maximum Gasteiger partial charge on any atom is 0.222 e. The molecule has 2 aliphatic carbocycles. The molecular formula is C21H27NO6. The third kappa shape index (κ3) is 1.66. The van der Waals surface area contributed by atoms with Crippen LogP contribution in [-0.2, 0) is 24.4 Å². The Morgan fingerprint density at radius 3 is 2.61 bits per heavy atom. The topological polar surface area (TPSA) is 66.5 Å². The van der Waals surface area contributed by atoms with Gasteiger partial charge in [0.25, 0.3) is 0 Å². The molecule has 3 fully saturated rings. The van der Waals surface area contributed by atoms with Gasteiger partial charge in [-0.3, -0.25) is 9.69 Å². The van der Waals surface area contributed by atoms with Crippen LogP contribution in [0.3, 0.4) is 0 Å². The Hall–Kier alpha value is -1.67. The molecule has 0 radical (unpaired) electrons. The molecule has 5 atom stereocenters. The molecule has 1 aromatic carbocycles. The number of Topliss-reactive ketones (excluding diaryl/α,β-unsaturated/α-hetero) is 1. The number of carbonyl (C=O) groups is 1. The summed E-state index contributed by atoms with van der Waals surface area (Å²) in [5.41, 5.74) is 1.11. The molecular weight excluding hydrogens is 362 g/mol. The molecule has 7 heteroatoms. The first-order chi connectivity index (χ1) is 13.5. The van der Waals surface area contributed by atoms with E-state index in [0.717, 1.165) is 30.5 Å². The van der Waals surface area contributed by atoms with E-state index in [2.05, 4.69) is 18.0 Å². The van der Waals surface area contributed by atoms with E-state index < -0.39 is 22.8 Å². The molecule has 0 amide bonds. The van der Waals surface area contributed by atoms with Crippen LogP contribution in [0.15, 0.2) is 12.1 Å². The number of carbonyl (C=O) groups excluding carboxylic acids is 1. The zero-order valence-corrected chi connectivity index (χ0v) is 17.0. The number of ether oxygens (including phenoxy) is 5. The standard InChI is InChI=1S/C21H27NO6/c1-22-9-8-19-10-13(23)18(26-4)21(27-5)20(19,22)11-15(28-21)12-6-7-14(24-2)17(25-3)16(12)19/h6-7,15,18H,8-11H2,1-5H3/t15-,18-,19-,20-,21-/m0/s1. The second-order valence-electron chi connectivity index (χ2n) is 8.32. The van der Waals surface area contributed by atoms with Crippen LogP contribution in [-0.4, -0.2) is 70.1 Å². The monoisotopic (exact) mass is 389 g/mol. The SMILES string of the molecule is COc1ccc2c(c1OC)[C@@]13CCN(C)[C@@]14C[C@@H]2O[C@@]4(OC)[C@@H](OC)C(=O)C3. The largest absolute Gasteiger partial charge is 0.493 e. The maximum atomic E-state index is 13.3. The van der Waals surface area contributed by atoms with E-state index in [1.54, 1.807) is 28.4 Å². The van der Waals surface area contributed by atoms with E-state index in [4.69, 9.17) is 23.7 Å². The van der Waals surface area contributed by atoms with E-state index in [1.807, 2.05) is 6.07 Å². The first kappa shape index (κ1) is 18.4. The van der Waals surface area contributed by atoms with Gasteiger partial charge in [0, 0.05) is 38.0 Å². The fourth-order valence-electron chi connectivity index (χ4n) is 6.86. The number of methoxy groups -OCH3 is 4. The van der Waals surface area contributed by atoms with E-state index in [9.17, 15) is 4.79 Å². The molecule has 0 aromatic heterocycles. The molecule has 2 aliphatic heterocycles. The third-order valence-electron chi connectivity index (χ3n) is 7.75. The fourth-order valence-corrected chi connectivity index (χ4v) is 6.86. The minimum absolute atomic E-state index is 0.00801. The van der Waals surface area contributed by atoms with Gasteiger partial charge in [-0.1, -0.05) is 6.07 Å². The van der Waals surface area contributed by atoms with Gasteiger partial charge in [-0.2, -0.15) is 0 Å². The number of ketones is 1. The van der Waals surface area contributed by atoms with Crippen molar-refractivity contribution in [3.8, 4) is 11.5 Å². The molecule has 2 heterocycles. The molecule has 0 unspecified atom stereocenters. The lowest BCUT2D eigenvalue weighted by Gasteiger charge is -2.59. The zero-order valence-electron chi connectivity index (χ0n) is 17.0. The van der Waals surface area contributed by atoms with Gasteiger partial charge in [0.2, 0.25) is 5.79 Å². The van der Waals surface area contributed by atoms with Crippen LogP contribution in [0, 0.1) is 0 Å². The number of likely N-dealkylation sites (tertiary alicyclic amines) is 1. The number of rotatable bonds is 4. The van der Waals surface area contributed by atoms with Crippen molar-refractivity contribution in [2.24, 2.45) is 0 Å². The lowest BCUT2D eigenvalue weighted by molar-refractivity contribution is -0.309. The van der Waals surface area contributed by atoms with Crippen molar-refractivity contribution in [3.63, 3.8) is 0 Å². The van der Waals surface area contributed by atoms with Gasteiger partial charge in [0.1, 0.15) is 0 Å². The molecule has 1 saturated carbocycles. The number of hydrogen-bond donors (Lipinski definition) is 0. The number of benzene rings is 1. The number of likely N-dealkylation sites (N-methyl/N-ethyl adjacent to an activating group) is 1. The Kier molecular flexibility index (Phi) is 3.73. The van der Waals surface area contributed by atoms with Gasteiger partial charge in [-0.25, -0.2) is 0 Å². The summed E-state index contributed by atoms with van der Waals surface area (Å²) >= 11 is 0. The van der Waals surface area contributed by atoms with Crippen molar-refractivity contribution >= 4 is 5.78 Å². The van der Waals surface area contributed by atoms with Gasteiger partial charge in [-0.05, 0) is 31.6 Å². The molecule has 5 rings (SSSR count). The Balaban J connectivity index is 1.89. The summed E-state index contributed by atoms with van der Waals surface area (Å²) in [6.07, 6.45) is 0.981. The molecule has 28 heavy (non-hydrogen) atoms. The maximum absolute atomic E-state index is 13.3. The van der Waals surface area contributed by atoms with Crippen LogP contribution < -0.4 is 9.47 Å². The summed E-state index contributed by atoms with van der Waals surface area (Å²) in [5.74, 6) is 0.215. The second kappa shape index (κ2) is 5.69. The van der Waals surface area contributed by atoms with Crippen LogP contribution in [0.4, 0.5) is 0 Å². The summed E-state index contributed by atoms with van der Waals surface area (Å²) < 4.78 is 29.9. The molecule has 2 saturated heterocycles. The Morgan fingerprint density at radius 2 is 1.96 bits per heavy atom. The fraction of sp³-hybridized carbons (Fsp3) is 0.667. The zero-order chi connectivity index (χ0) is 19.9. The van der Waals surface area contributed by atoms with Crippen LogP contribution in [0.5, 0.6) is 11.5 Å². The van der Waals surface area contributed by atoms with Crippen LogP contribution in [0.2, 0.25) is 0 Å². The van der Waals surface area contributed by atoms with Crippen LogP contribution in [0.25, 0.3) is 0 Å². The predicted molar refractivity (Wildman–Crippen MR) is 99.8 cm³/mol. The third-order valence-corrected chi connectivity index (χ3v) is 7.75. The highest BCUT2D eigenvalue weighted by Crippen LogP contribution is 2.72. The highest BCUT2D eigenvalue weighted by atomic mass is 16.7. The van der Waals surface area contributed by atoms with Crippen molar-refractivity contribution in [1.29, 1.82) is 0 Å². The minimum Gasteiger partial charge on any atom is -0.493 e. The highest BCUT2D eigenvalue weighted by Gasteiger charge is 2.82. The summed E-state index contributed by atoms with van der Waals surface area (Å²) in [5, 5.41) is 0. The minimum atomic E-state index is -1.16. The van der Waals surface area contributed by atoms with Crippen molar-refractivity contribution in [2.45, 2.75) is 48.2 Å². The second-order valence-corrected chi connectivity index (χ2v) is 8.32. The normalized spacial score (nSPS) is 41.0. The Morgan fingerprint density at radius 1 is 1.18 bits per heavy atom. The lowest BCUT2D eigenvalue weighted by atomic mass is 9.50. The molecule has 1 spiro atoms. The quantitative estimate of drug-likeness (QED) is 0.778. The number of hydrogen-bond acceptors (Lipinski definition) is 7. The van der Waals surface area contributed by atoms with Crippen LogP contribution in [0.1, 0.15) is 36.5 Å². The van der Waals surface area contributed by atoms with E-state index in [0.29, 0.717) is 17.9 Å². The van der Waals surface area contributed by atoms with Gasteiger partial charge in [0.05, 0.1) is 25.9 Å². The summed E-state index contributed by atoms with van der Waals surface area (Å²) in [6.45, 7) is 0.838. The lowest BCUT2D eigenvalue weighted by Crippen LogP contribution is -2.76. The van der Waals surface area contributed by atoms with Crippen molar-refractivity contribution in [1.82, 2.24) is 4.90 Å². The van der Waals surface area contributed by atoms with Crippen molar-refractivity contribution < 1.29 is 28.5 Å². The first-order valence-electron chi connectivity index (χ1n) is 9.71. The number of nitrogens with zero attached hydrogens (tertiary/aromatic N) is 1. The Labute approximate surface area is 164 Å². The van der Waals surface area contributed by atoms with E-state index >= 15 is 0 Å². The average molecular weight is 389 g/mol. The molecule has 152 valence electrons. The summed E-state index contributed by atoms with van der Waals surface area (Å²) in [7, 11) is 8.58. The molecule has 7 nitrogen and oxygen atoms in total. The summed E-state index contributed by atoms with van der Waals surface area (Å²) in [6, 6.07) is 3.97. The molecule has 4 aliphatic rings. The van der Waals surface area contributed by atoms with Gasteiger partial charge < -0.3 is 23.7 Å². The van der Waals surface area contributed by atoms with Crippen LogP contribution >= 0.6 is 0 Å². The van der Waals surface area contributed by atoms with Crippen molar-refractivity contribution in [3.05, 3.63) is 23.3 Å². The highest BCUT2D eigenvalue weighted by molar-refractivity contribution is 5.89. The molecule has 2 bridgehead atoms.